The van der Waals surface area contributed by atoms with Crippen LogP contribution in [0, 0.1) is 22.7 Å². The number of hydrogen-bond donors (Lipinski definition) is 2. The predicted molar refractivity (Wildman–Crippen MR) is 91.4 cm³/mol. The topological polar surface area (TPSA) is 74.6 Å². The fourth-order valence-electron chi connectivity index (χ4n) is 5.58. The molecule has 3 aliphatic rings. The second-order valence-corrected chi connectivity index (χ2v) is 8.71. The maximum absolute atomic E-state index is 13.0. The van der Waals surface area contributed by atoms with Crippen LogP contribution in [0.25, 0.3) is 0 Å². The zero-order valence-corrected chi connectivity index (χ0v) is 15.1. The van der Waals surface area contributed by atoms with E-state index in [9.17, 15) is 19.8 Å². The minimum absolute atomic E-state index is 0.0424. The van der Waals surface area contributed by atoms with Crippen LogP contribution in [0.3, 0.4) is 0 Å². The lowest BCUT2D eigenvalue weighted by Crippen LogP contribution is -2.49. The van der Waals surface area contributed by atoms with Crippen molar-refractivity contribution >= 4 is 11.6 Å². The Morgan fingerprint density at radius 1 is 1.17 bits per heavy atom. The van der Waals surface area contributed by atoms with E-state index in [-0.39, 0.29) is 28.8 Å². The molecule has 3 unspecified atom stereocenters. The van der Waals surface area contributed by atoms with Crippen LogP contribution in [-0.4, -0.2) is 28.4 Å². The summed E-state index contributed by atoms with van der Waals surface area (Å²) < 4.78 is 0. The molecule has 0 saturated heterocycles. The molecule has 0 spiro atoms. The molecule has 0 aromatic carbocycles. The Morgan fingerprint density at radius 2 is 1.83 bits per heavy atom. The van der Waals surface area contributed by atoms with Gasteiger partial charge in [0.05, 0.1) is 5.57 Å². The molecule has 132 valence electrons. The van der Waals surface area contributed by atoms with Gasteiger partial charge < -0.3 is 10.2 Å². The number of rotatable bonds is 2. The van der Waals surface area contributed by atoms with Gasteiger partial charge in [0.15, 0.2) is 0 Å². The van der Waals surface area contributed by atoms with Crippen molar-refractivity contribution in [1.29, 1.82) is 0 Å². The highest BCUT2D eigenvalue weighted by Gasteiger charge is 2.55. The maximum atomic E-state index is 13.0. The summed E-state index contributed by atoms with van der Waals surface area (Å²) >= 11 is 0. The summed E-state index contributed by atoms with van der Waals surface area (Å²) in [6.07, 6.45) is 4.60. The number of ketones is 2. The number of carbonyl (C=O) groups is 2. The van der Waals surface area contributed by atoms with E-state index in [2.05, 4.69) is 20.8 Å². The third kappa shape index (κ3) is 2.22. The van der Waals surface area contributed by atoms with Crippen LogP contribution in [0.1, 0.15) is 59.8 Å². The Balaban J connectivity index is 2.19. The Morgan fingerprint density at radius 3 is 2.46 bits per heavy atom. The number of aliphatic hydroxyl groups excluding tert-OH is 2. The molecule has 24 heavy (non-hydrogen) atoms. The first-order chi connectivity index (χ1) is 11.1. The molecule has 4 heteroatoms. The van der Waals surface area contributed by atoms with Crippen molar-refractivity contribution in [2.45, 2.75) is 59.8 Å². The van der Waals surface area contributed by atoms with Crippen LogP contribution in [0.4, 0.5) is 0 Å². The Kier molecular flexibility index (Phi) is 4.03. The Hall–Kier alpha value is -1.42. The van der Waals surface area contributed by atoms with Gasteiger partial charge in [-0.1, -0.05) is 34.1 Å². The molecule has 3 aliphatic carbocycles. The second kappa shape index (κ2) is 5.55. The van der Waals surface area contributed by atoms with Crippen molar-refractivity contribution in [3.8, 4) is 0 Å². The Labute approximate surface area is 143 Å². The molecule has 0 radical (unpaired) electrons. The van der Waals surface area contributed by atoms with Crippen LogP contribution in [0.5, 0.6) is 0 Å². The van der Waals surface area contributed by atoms with Crippen LogP contribution >= 0.6 is 0 Å². The summed E-state index contributed by atoms with van der Waals surface area (Å²) in [5.41, 5.74) is 1.10. The highest BCUT2D eigenvalue weighted by Crippen LogP contribution is 2.61. The average Bonchev–Trinajstić information content (AvgIpc) is 2.51. The quantitative estimate of drug-likeness (QED) is 0.599. The number of aliphatic hydroxyl groups is 2. The van der Waals surface area contributed by atoms with E-state index < -0.39 is 17.5 Å². The number of carbonyl (C=O) groups excluding carboxylic acids is 2. The fourth-order valence-corrected chi connectivity index (χ4v) is 5.58. The van der Waals surface area contributed by atoms with E-state index in [1.165, 1.54) is 0 Å². The first-order valence-corrected chi connectivity index (χ1v) is 9.02. The molecule has 0 aromatic rings. The standard InChI is InChI=1S/C20H28O4/c1-11(10-21)14-16(22)12-6-7-13-19(2,3)8-5-9-20(13,4)15(12)18(24)17(14)23/h11,13,21-22H,5-10H2,1-4H3. The minimum atomic E-state index is -0.627. The highest BCUT2D eigenvalue weighted by atomic mass is 16.3. The fraction of sp³-hybridized carbons (Fsp3) is 0.700. The summed E-state index contributed by atoms with van der Waals surface area (Å²) in [5.74, 6) is -1.30. The van der Waals surface area contributed by atoms with Crippen LogP contribution in [0.15, 0.2) is 22.5 Å². The first-order valence-electron chi connectivity index (χ1n) is 9.02. The SMILES string of the molecule is CC(CO)C1=C(O)C2=C(C(=O)C1=O)C1(C)CCCC(C)(C)C1CC2. The second-order valence-electron chi connectivity index (χ2n) is 8.71. The van der Waals surface area contributed by atoms with Crippen molar-refractivity contribution in [2.24, 2.45) is 22.7 Å². The molecular weight excluding hydrogens is 304 g/mol. The van der Waals surface area contributed by atoms with E-state index in [0.717, 1.165) is 25.7 Å². The van der Waals surface area contributed by atoms with Crippen LogP contribution in [0.2, 0.25) is 0 Å². The predicted octanol–water partition coefficient (Wildman–Crippen LogP) is 3.50. The van der Waals surface area contributed by atoms with Crippen LogP contribution < -0.4 is 0 Å². The molecule has 3 atom stereocenters. The molecule has 0 aromatic heterocycles. The molecule has 4 nitrogen and oxygen atoms in total. The van der Waals surface area contributed by atoms with E-state index in [0.29, 0.717) is 23.5 Å². The van der Waals surface area contributed by atoms with Gasteiger partial charge in [-0.25, -0.2) is 0 Å². The zero-order chi connectivity index (χ0) is 17.9. The molecule has 2 N–H and O–H groups in total. The monoisotopic (exact) mass is 332 g/mol. The summed E-state index contributed by atoms with van der Waals surface area (Å²) in [5, 5.41) is 20.1. The van der Waals surface area contributed by atoms with E-state index in [4.69, 9.17) is 0 Å². The smallest absolute Gasteiger partial charge is 0.233 e. The highest BCUT2D eigenvalue weighted by molar-refractivity contribution is 6.50. The van der Waals surface area contributed by atoms with Gasteiger partial charge in [-0.2, -0.15) is 0 Å². The van der Waals surface area contributed by atoms with Crippen LogP contribution in [-0.2, 0) is 9.59 Å². The lowest BCUT2D eigenvalue weighted by atomic mass is 9.49. The van der Waals surface area contributed by atoms with Gasteiger partial charge in [0.25, 0.3) is 0 Å². The Bertz CT molecular complexity index is 667. The molecule has 0 aliphatic heterocycles. The average molecular weight is 332 g/mol. The minimum Gasteiger partial charge on any atom is -0.507 e. The van der Waals surface area contributed by atoms with Crippen molar-refractivity contribution < 1.29 is 19.8 Å². The summed E-state index contributed by atoms with van der Waals surface area (Å²) in [6, 6.07) is 0. The van der Waals surface area contributed by atoms with E-state index in [1.54, 1.807) is 6.92 Å². The lowest BCUT2D eigenvalue weighted by molar-refractivity contribution is -0.134. The number of fused-ring (bicyclic) bond motifs is 2. The number of Topliss-reactive ketones (excluding diaryl/α,β-unsaturated/α-hetero) is 2. The number of allylic oxidation sites excluding steroid dienone is 2. The van der Waals surface area contributed by atoms with Crippen molar-refractivity contribution in [3.63, 3.8) is 0 Å². The van der Waals surface area contributed by atoms with Gasteiger partial charge in [0, 0.05) is 29.1 Å². The van der Waals surface area contributed by atoms with Crippen molar-refractivity contribution in [1.82, 2.24) is 0 Å². The summed E-state index contributed by atoms with van der Waals surface area (Å²) in [7, 11) is 0. The lowest BCUT2D eigenvalue weighted by Gasteiger charge is -2.55. The molecule has 1 fully saturated rings. The van der Waals surface area contributed by atoms with Gasteiger partial charge >= 0.3 is 0 Å². The summed E-state index contributed by atoms with van der Waals surface area (Å²) in [6.45, 7) is 8.02. The first kappa shape index (κ1) is 17.4. The molecular formula is C20H28O4. The van der Waals surface area contributed by atoms with Gasteiger partial charge in [-0.15, -0.1) is 0 Å². The van der Waals surface area contributed by atoms with Gasteiger partial charge in [-0.05, 0) is 37.0 Å². The van der Waals surface area contributed by atoms with Gasteiger partial charge in [-0.3, -0.25) is 9.59 Å². The van der Waals surface area contributed by atoms with Gasteiger partial charge in [0.2, 0.25) is 11.6 Å². The third-order valence-corrected chi connectivity index (χ3v) is 6.77. The van der Waals surface area contributed by atoms with Crippen molar-refractivity contribution in [3.05, 3.63) is 22.5 Å². The molecule has 3 rings (SSSR count). The number of hydrogen-bond acceptors (Lipinski definition) is 4. The largest absolute Gasteiger partial charge is 0.507 e. The zero-order valence-electron chi connectivity index (χ0n) is 15.1. The molecule has 0 amide bonds. The van der Waals surface area contributed by atoms with Crippen molar-refractivity contribution in [2.75, 3.05) is 6.61 Å². The van der Waals surface area contributed by atoms with E-state index >= 15 is 0 Å². The summed E-state index contributed by atoms with van der Waals surface area (Å²) in [4.78, 5) is 25.6. The molecule has 0 heterocycles. The third-order valence-electron chi connectivity index (χ3n) is 6.77. The normalized spacial score (nSPS) is 34.1. The van der Waals surface area contributed by atoms with E-state index in [1.807, 2.05) is 0 Å². The molecule has 1 saturated carbocycles. The molecule has 0 bridgehead atoms. The van der Waals surface area contributed by atoms with Gasteiger partial charge in [0.1, 0.15) is 5.76 Å². The maximum Gasteiger partial charge on any atom is 0.233 e.